The standard InChI is InChI=1S/C20H17NO3/c1-15(22)24-18-14-19(23)21(13-12-16-8-4-2-5-9-16)20(18)17-10-6-3-7-11-17/h2-13H,14H2,1H3/b13-12+. The predicted molar refractivity (Wildman–Crippen MR) is 92.1 cm³/mol. The summed E-state index contributed by atoms with van der Waals surface area (Å²) >= 11 is 0. The summed E-state index contributed by atoms with van der Waals surface area (Å²) in [5.41, 5.74) is 2.43. The van der Waals surface area contributed by atoms with Crippen LogP contribution in [0.5, 0.6) is 0 Å². The number of carbonyl (C=O) groups excluding carboxylic acids is 2. The van der Waals surface area contributed by atoms with E-state index in [1.165, 1.54) is 6.92 Å². The molecule has 2 aromatic rings. The van der Waals surface area contributed by atoms with Gasteiger partial charge in [-0.15, -0.1) is 0 Å². The highest BCUT2D eigenvalue weighted by atomic mass is 16.5. The fourth-order valence-corrected chi connectivity index (χ4v) is 2.60. The van der Waals surface area contributed by atoms with Crippen LogP contribution in [-0.2, 0) is 14.3 Å². The number of benzene rings is 2. The van der Waals surface area contributed by atoms with Gasteiger partial charge in [-0.25, -0.2) is 0 Å². The van der Waals surface area contributed by atoms with Crippen LogP contribution in [0.1, 0.15) is 24.5 Å². The van der Waals surface area contributed by atoms with E-state index >= 15 is 0 Å². The molecule has 24 heavy (non-hydrogen) atoms. The van der Waals surface area contributed by atoms with Crippen molar-refractivity contribution in [3.63, 3.8) is 0 Å². The fourth-order valence-electron chi connectivity index (χ4n) is 2.60. The van der Waals surface area contributed by atoms with E-state index in [1.54, 1.807) is 11.1 Å². The Bertz CT molecular complexity index is 807. The molecule has 0 saturated heterocycles. The number of hydrogen-bond donors (Lipinski definition) is 0. The number of nitrogens with zero attached hydrogens (tertiary/aromatic N) is 1. The summed E-state index contributed by atoms with van der Waals surface area (Å²) < 4.78 is 5.28. The summed E-state index contributed by atoms with van der Waals surface area (Å²) in [4.78, 5) is 25.3. The highest BCUT2D eigenvalue weighted by molar-refractivity contribution is 5.97. The zero-order chi connectivity index (χ0) is 16.9. The van der Waals surface area contributed by atoms with Crippen molar-refractivity contribution in [2.45, 2.75) is 13.3 Å². The van der Waals surface area contributed by atoms with Crippen molar-refractivity contribution in [1.82, 2.24) is 4.90 Å². The molecule has 0 atom stereocenters. The molecule has 120 valence electrons. The SMILES string of the molecule is CC(=O)OC1=C(c2ccccc2)N(/C=C/c2ccccc2)C(=O)C1. The van der Waals surface area contributed by atoms with E-state index in [4.69, 9.17) is 4.74 Å². The molecule has 0 fully saturated rings. The van der Waals surface area contributed by atoms with Gasteiger partial charge in [0.2, 0.25) is 5.91 Å². The van der Waals surface area contributed by atoms with Crippen LogP contribution in [0.4, 0.5) is 0 Å². The van der Waals surface area contributed by atoms with E-state index in [0.29, 0.717) is 11.5 Å². The van der Waals surface area contributed by atoms with Crippen LogP contribution in [0.2, 0.25) is 0 Å². The fraction of sp³-hybridized carbons (Fsp3) is 0.100. The van der Waals surface area contributed by atoms with Crippen LogP contribution in [0.3, 0.4) is 0 Å². The molecule has 0 bridgehead atoms. The first kappa shape index (κ1) is 15.7. The van der Waals surface area contributed by atoms with E-state index in [1.807, 2.05) is 66.7 Å². The van der Waals surface area contributed by atoms with Crippen LogP contribution < -0.4 is 0 Å². The second-order valence-electron chi connectivity index (χ2n) is 5.40. The van der Waals surface area contributed by atoms with Gasteiger partial charge in [-0.3, -0.25) is 14.5 Å². The molecule has 3 rings (SSSR count). The second kappa shape index (κ2) is 6.96. The van der Waals surface area contributed by atoms with Gasteiger partial charge >= 0.3 is 5.97 Å². The van der Waals surface area contributed by atoms with Crippen LogP contribution in [-0.4, -0.2) is 16.8 Å². The highest BCUT2D eigenvalue weighted by Crippen LogP contribution is 2.33. The van der Waals surface area contributed by atoms with Crippen LogP contribution >= 0.6 is 0 Å². The molecule has 0 radical (unpaired) electrons. The highest BCUT2D eigenvalue weighted by Gasteiger charge is 2.31. The van der Waals surface area contributed by atoms with E-state index in [-0.39, 0.29) is 12.3 Å². The monoisotopic (exact) mass is 319 g/mol. The van der Waals surface area contributed by atoms with Crippen molar-refractivity contribution in [2.24, 2.45) is 0 Å². The Kier molecular flexibility index (Phi) is 4.57. The predicted octanol–water partition coefficient (Wildman–Crippen LogP) is 3.82. The molecule has 0 saturated carbocycles. The molecular weight excluding hydrogens is 302 g/mol. The van der Waals surface area contributed by atoms with Gasteiger partial charge < -0.3 is 4.74 Å². The molecule has 0 unspecified atom stereocenters. The molecular formula is C20H17NO3. The van der Waals surface area contributed by atoms with Gasteiger partial charge in [-0.1, -0.05) is 60.7 Å². The zero-order valence-corrected chi connectivity index (χ0v) is 13.3. The molecule has 1 aliphatic rings. The number of amides is 1. The minimum absolute atomic E-state index is 0.0724. The molecule has 4 nitrogen and oxygen atoms in total. The van der Waals surface area contributed by atoms with E-state index in [2.05, 4.69) is 0 Å². The lowest BCUT2D eigenvalue weighted by atomic mass is 10.1. The topological polar surface area (TPSA) is 46.6 Å². The van der Waals surface area contributed by atoms with Crippen LogP contribution in [0.15, 0.2) is 72.6 Å². The van der Waals surface area contributed by atoms with Gasteiger partial charge in [0, 0.05) is 18.7 Å². The summed E-state index contributed by atoms with van der Waals surface area (Å²) in [5, 5.41) is 0. The lowest BCUT2D eigenvalue weighted by Gasteiger charge is -2.16. The van der Waals surface area contributed by atoms with Gasteiger partial charge in [0.25, 0.3) is 0 Å². The maximum atomic E-state index is 12.4. The lowest BCUT2D eigenvalue weighted by Crippen LogP contribution is -2.17. The molecule has 4 heteroatoms. The Hall–Kier alpha value is -3.14. The average Bonchev–Trinajstić information content (AvgIpc) is 2.89. The van der Waals surface area contributed by atoms with Gasteiger partial charge in [-0.2, -0.15) is 0 Å². The van der Waals surface area contributed by atoms with E-state index in [0.717, 1.165) is 11.1 Å². The lowest BCUT2D eigenvalue weighted by molar-refractivity contribution is -0.137. The third-order valence-corrected chi connectivity index (χ3v) is 3.62. The Balaban J connectivity index is 1.99. The smallest absolute Gasteiger partial charge is 0.307 e. The normalized spacial score (nSPS) is 14.5. The van der Waals surface area contributed by atoms with Gasteiger partial charge in [-0.05, 0) is 11.6 Å². The summed E-state index contributed by atoms with van der Waals surface area (Å²) in [6.07, 6.45) is 3.65. The Morgan fingerprint density at radius 2 is 1.67 bits per heavy atom. The molecule has 0 aliphatic carbocycles. The maximum absolute atomic E-state index is 12.4. The first-order valence-electron chi connectivity index (χ1n) is 7.67. The minimum atomic E-state index is -0.430. The summed E-state index contributed by atoms with van der Waals surface area (Å²) in [6.45, 7) is 1.34. The van der Waals surface area contributed by atoms with Crippen molar-refractivity contribution in [3.05, 3.63) is 83.7 Å². The molecule has 0 N–H and O–H groups in total. The molecule has 0 aromatic heterocycles. The zero-order valence-electron chi connectivity index (χ0n) is 13.3. The maximum Gasteiger partial charge on any atom is 0.307 e. The van der Waals surface area contributed by atoms with Gasteiger partial charge in [0.1, 0.15) is 5.76 Å². The van der Waals surface area contributed by atoms with E-state index < -0.39 is 5.97 Å². The van der Waals surface area contributed by atoms with Crippen molar-refractivity contribution >= 4 is 23.6 Å². The average molecular weight is 319 g/mol. The first-order valence-corrected chi connectivity index (χ1v) is 7.67. The van der Waals surface area contributed by atoms with Gasteiger partial charge in [0.15, 0.2) is 0 Å². The van der Waals surface area contributed by atoms with E-state index in [9.17, 15) is 9.59 Å². The molecule has 0 spiro atoms. The second-order valence-corrected chi connectivity index (χ2v) is 5.40. The molecule has 1 aliphatic heterocycles. The minimum Gasteiger partial charge on any atom is -0.428 e. The third kappa shape index (κ3) is 3.43. The summed E-state index contributed by atoms with van der Waals surface area (Å²) in [7, 11) is 0. The van der Waals surface area contributed by atoms with Gasteiger partial charge in [0.05, 0.1) is 12.1 Å². The number of hydrogen-bond acceptors (Lipinski definition) is 3. The number of ether oxygens (including phenoxy) is 1. The number of rotatable bonds is 4. The van der Waals surface area contributed by atoms with Crippen molar-refractivity contribution in [1.29, 1.82) is 0 Å². The number of carbonyl (C=O) groups is 2. The Morgan fingerprint density at radius 1 is 1.04 bits per heavy atom. The van der Waals surface area contributed by atoms with Crippen LogP contribution in [0, 0.1) is 0 Å². The quantitative estimate of drug-likeness (QED) is 0.805. The Labute approximate surface area is 140 Å². The van der Waals surface area contributed by atoms with Crippen molar-refractivity contribution in [3.8, 4) is 0 Å². The molecule has 1 amide bonds. The molecule has 1 heterocycles. The Morgan fingerprint density at radius 3 is 2.29 bits per heavy atom. The van der Waals surface area contributed by atoms with Crippen molar-refractivity contribution < 1.29 is 14.3 Å². The molecule has 2 aromatic carbocycles. The largest absolute Gasteiger partial charge is 0.428 e. The third-order valence-electron chi connectivity index (χ3n) is 3.62. The summed E-state index contributed by atoms with van der Waals surface area (Å²) in [5.74, 6) is -0.172. The number of esters is 1. The summed E-state index contributed by atoms with van der Waals surface area (Å²) in [6, 6.07) is 19.2. The van der Waals surface area contributed by atoms with Crippen LogP contribution in [0.25, 0.3) is 11.8 Å². The first-order chi connectivity index (χ1) is 11.6. The van der Waals surface area contributed by atoms with Crippen molar-refractivity contribution in [2.75, 3.05) is 0 Å².